The number of nitrogens with one attached hydrogen (secondary N) is 5. The molecule has 610 valence electrons. The first kappa shape index (κ1) is 86.0. The number of likely N-dealkylation sites (N-methyl/N-ethyl adjacent to an activating group) is 1. The van der Waals surface area contributed by atoms with E-state index in [1.54, 1.807) is 26.0 Å². The van der Waals surface area contributed by atoms with Gasteiger partial charge in [0.25, 0.3) is 0 Å². The van der Waals surface area contributed by atoms with Crippen molar-refractivity contribution in [3.05, 3.63) is 188 Å². The fraction of sp³-hybridized carbons (Fsp3) is 0.386. The SMILES string of the molecule is C=C1CC2C(=O)C[C@H](C(=O)NCc3cc(O)cc(O)c3-c3cc2ccc3O)C(O)c2ccc(c(Cl)c2)Oc2cc3cc(c2OC2OC(CO)C(O)C(O)C2OC2CC(C)(NCc4ccc(-c5ccc(Cl)cc5)cc4)C(O)C(C)O2)Oc2ccc(cc2Cl)C(O)C(NC(=O)C(CC(C)C)NC)C(=O)CC(CC(N)=O)C(=O)NC13.O=C=O. The highest BCUT2D eigenvalue weighted by Crippen LogP contribution is 2.51. The van der Waals surface area contributed by atoms with E-state index in [4.69, 9.17) is 78.5 Å². The summed E-state index contributed by atoms with van der Waals surface area (Å²) >= 11 is 20.6. The summed E-state index contributed by atoms with van der Waals surface area (Å²) in [4.78, 5) is 105. The number of Topliss-reactive ketones (excluding diaryl/α,β-unsaturated/α-hetero) is 2. The average Bonchev–Trinajstić information content (AvgIpc) is 0.768. The van der Waals surface area contributed by atoms with E-state index in [2.05, 4.69) is 33.2 Å². The number of phenols is 3. The van der Waals surface area contributed by atoms with Crippen molar-refractivity contribution in [2.24, 2.45) is 23.5 Å². The number of aliphatic hydroxyl groups excluding tert-OH is 6. The average molecular weight is 1650 g/mol. The van der Waals surface area contributed by atoms with E-state index < -0.39 is 211 Å². The van der Waals surface area contributed by atoms with Crippen molar-refractivity contribution in [1.82, 2.24) is 26.6 Å². The number of ketones is 2. The second kappa shape index (κ2) is 36.9. The Morgan fingerprint density at radius 3 is 1.95 bits per heavy atom. The Morgan fingerprint density at radius 2 is 1.35 bits per heavy atom. The van der Waals surface area contributed by atoms with Crippen molar-refractivity contribution in [3.8, 4) is 68.2 Å². The third-order valence-corrected chi connectivity index (χ3v) is 22.1. The highest BCUT2D eigenvalue weighted by atomic mass is 35.5. The Morgan fingerprint density at radius 1 is 0.730 bits per heavy atom. The maximum Gasteiger partial charge on any atom is 0.373 e. The predicted molar refractivity (Wildman–Crippen MR) is 415 cm³/mol. The molecule has 7 aromatic rings. The second-order valence-corrected chi connectivity index (χ2v) is 31.1. The van der Waals surface area contributed by atoms with E-state index in [-0.39, 0.29) is 97.5 Å². The van der Waals surface area contributed by atoms with Crippen LogP contribution in [0.5, 0.6) is 46.0 Å². The quantitative estimate of drug-likeness (QED) is 0.0406. The van der Waals surface area contributed by atoms with Crippen LogP contribution in [0.25, 0.3) is 22.3 Å². The van der Waals surface area contributed by atoms with Crippen molar-refractivity contribution in [3.63, 3.8) is 0 Å². The minimum absolute atomic E-state index is 0.00687. The molecule has 17 atom stereocenters. The zero-order chi connectivity index (χ0) is 83.2. The minimum atomic E-state index is -1.97. The number of aromatic hydroxyl groups is 3. The predicted octanol–water partition coefficient (Wildman–Crippen LogP) is 8.10. The maximum atomic E-state index is 15.7. The van der Waals surface area contributed by atoms with Crippen LogP contribution >= 0.6 is 34.8 Å². The van der Waals surface area contributed by atoms with Gasteiger partial charge in [0.1, 0.15) is 65.0 Å². The second-order valence-electron chi connectivity index (χ2n) is 29.8. The summed E-state index contributed by atoms with van der Waals surface area (Å²) in [6.07, 6.45) is -18.9. The standard InChI is InChI=1S/C82H89Cl3N6O21.CO2/c1-37(2)21-56(87-6)80(106)91-70-60(97)27-47(30-66(86)98)78(104)90-69-38(3)22-51-43-13-18-57(94)52(24-43)68-48(23-50(93)31-59(68)96)35-88-79(105)53(32-58(51)95)71(99)44-14-19-61(54(84)25-44)108-63-28-46(69)29-64(109-62-20-15-45(72(70)100)26-55(62)85)75(63)112-81-76(74(102)73(101)65(36-92)110-81)111-67-33-82(5,77(103)39(4)107-67)89-34-40-7-9-41(10-8-40)42-11-16-49(83)17-12-42;2-1-3/h7-20,23-26,28-29,31,37,39,47,51,53,56,65,67,69-74,76-77,81,87,89,92-94,96,99-103H,3,21-22,27,30,32-36H2,1-2,4-6H3,(H2,86,98)(H,88,105)(H,90,104)(H,91,106);/t39?,47?,51?,53-,56?,65?,67?,69?,70?,71?,72?,73?,74?,76?,77?,81?,82?;/m0./s1. The number of nitrogens with two attached hydrogens (primary N) is 1. The summed E-state index contributed by atoms with van der Waals surface area (Å²) in [7, 11) is 1.54. The zero-order valence-electron chi connectivity index (χ0n) is 63.0. The Kier molecular flexibility index (Phi) is 27.6. The lowest BCUT2D eigenvalue weighted by atomic mass is 9.79. The molecule has 0 saturated carbocycles. The van der Waals surface area contributed by atoms with E-state index in [1.165, 1.54) is 79.8 Å². The number of ether oxygens (including phenoxy) is 6. The Balaban J connectivity index is 0.00000427. The molecule has 0 radical (unpaired) electrons. The van der Waals surface area contributed by atoms with Crippen LogP contribution in [0.15, 0.2) is 140 Å². The van der Waals surface area contributed by atoms with Crippen LogP contribution in [-0.2, 0) is 65.7 Å². The molecule has 7 aliphatic heterocycles. The van der Waals surface area contributed by atoms with Gasteiger partial charge in [-0.2, -0.15) is 9.59 Å². The van der Waals surface area contributed by atoms with Gasteiger partial charge in [-0.05, 0) is 156 Å². The lowest BCUT2D eigenvalue weighted by Gasteiger charge is -2.48. The molecule has 0 aliphatic carbocycles. The summed E-state index contributed by atoms with van der Waals surface area (Å²) in [5.41, 5.74) is 7.40. The highest BCUT2D eigenvalue weighted by molar-refractivity contribution is 6.32. The fourth-order valence-corrected chi connectivity index (χ4v) is 15.7. The molecule has 7 aliphatic rings. The van der Waals surface area contributed by atoms with E-state index >= 15 is 14.4 Å². The number of benzene rings is 7. The molecule has 29 nitrogen and oxygen atoms in total. The van der Waals surface area contributed by atoms with Crippen LogP contribution in [0.3, 0.4) is 0 Å². The molecular formula is C83H89Cl3N6O23. The van der Waals surface area contributed by atoms with Gasteiger partial charge in [-0.3, -0.25) is 28.8 Å². The van der Waals surface area contributed by atoms with E-state index in [0.29, 0.717) is 5.02 Å². The molecule has 7 aromatic carbocycles. The summed E-state index contributed by atoms with van der Waals surface area (Å²) in [5.74, 6) is -13.3. The lowest BCUT2D eigenvalue weighted by molar-refractivity contribution is -0.334. The number of halogens is 3. The van der Waals surface area contributed by atoms with Crippen LogP contribution in [0.4, 0.5) is 0 Å². The summed E-state index contributed by atoms with van der Waals surface area (Å²) in [5, 5.41) is 121. The van der Waals surface area contributed by atoms with E-state index in [9.17, 15) is 60.3 Å². The molecule has 7 heterocycles. The van der Waals surface area contributed by atoms with Gasteiger partial charge in [0, 0.05) is 72.4 Å². The van der Waals surface area contributed by atoms with Crippen LogP contribution in [0.2, 0.25) is 15.1 Å². The highest BCUT2D eigenvalue weighted by Gasteiger charge is 2.52. The Labute approximate surface area is 675 Å². The van der Waals surface area contributed by atoms with Crippen molar-refractivity contribution >= 4 is 76.1 Å². The van der Waals surface area contributed by atoms with Gasteiger partial charge >= 0.3 is 6.15 Å². The lowest BCUT2D eigenvalue weighted by Crippen LogP contribution is -2.65. The first-order valence-electron chi connectivity index (χ1n) is 37.0. The van der Waals surface area contributed by atoms with Gasteiger partial charge < -0.3 is 107 Å². The van der Waals surface area contributed by atoms with Crippen LogP contribution < -0.4 is 46.5 Å². The third-order valence-electron chi connectivity index (χ3n) is 21.3. The molecule has 115 heavy (non-hydrogen) atoms. The summed E-state index contributed by atoms with van der Waals surface area (Å²) in [6, 6.07) is 27.6. The maximum absolute atomic E-state index is 15.7. The summed E-state index contributed by atoms with van der Waals surface area (Å²) in [6.45, 7) is 10.5. The molecule has 16 N–H and O–H groups in total. The van der Waals surface area contributed by atoms with Crippen LogP contribution in [0, 0.1) is 17.8 Å². The fourth-order valence-electron chi connectivity index (χ4n) is 15.1. The van der Waals surface area contributed by atoms with E-state index in [0.717, 1.165) is 22.8 Å². The van der Waals surface area contributed by atoms with Crippen LogP contribution in [-0.4, -0.2) is 168 Å². The zero-order valence-corrected chi connectivity index (χ0v) is 65.2. The van der Waals surface area contributed by atoms with Crippen LogP contribution in [0.1, 0.15) is 124 Å². The number of aliphatic hydroxyl groups is 6. The van der Waals surface area contributed by atoms with Gasteiger partial charge in [0.05, 0.1) is 58.9 Å². The normalized spacial score (nSPS) is 26.6. The van der Waals surface area contributed by atoms with Gasteiger partial charge in [0.15, 0.2) is 29.7 Å². The van der Waals surface area contributed by atoms with Gasteiger partial charge in [-0.15, -0.1) is 0 Å². The molecule has 14 rings (SSSR count). The number of amides is 4. The molecule has 11 bridgehead atoms. The molecule has 2 fully saturated rings. The number of rotatable bonds is 16. The number of primary amides is 1. The number of phenolic OH excluding ortho intramolecular Hbond substituents is 3. The number of carbonyl (C=O) groups excluding carboxylic acids is 8. The number of fused-ring (bicyclic) bond motifs is 15. The molecule has 16 unspecified atom stereocenters. The largest absolute Gasteiger partial charge is 0.508 e. The smallest absolute Gasteiger partial charge is 0.373 e. The van der Waals surface area contributed by atoms with Gasteiger partial charge in [0.2, 0.25) is 35.7 Å². The van der Waals surface area contributed by atoms with Gasteiger partial charge in [-0.1, -0.05) is 110 Å². The number of hydrogen-bond donors (Lipinski definition) is 15. The Hall–Kier alpha value is -9.89. The molecule has 0 spiro atoms. The van der Waals surface area contributed by atoms with Crippen molar-refractivity contribution in [1.29, 1.82) is 0 Å². The number of carbonyl (C=O) groups is 6. The first-order chi connectivity index (χ1) is 54.7. The Bertz CT molecular complexity index is 4840. The molecule has 4 amide bonds. The summed E-state index contributed by atoms with van der Waals surface area (Å²) < 4.78 is 40.0. The monoisotopic (exact) mass is 1640 g/mol. The molecule has 0 aromatic heterocycles. The van der Waals surface area contributed by atoms with Crippen molar-refractivity contribution < 1.29 is 113 Å². The third kappa shape index (κ3) is 19.6. The first-order valence-corrected chi connectivity index (χ1v) is 38.1. The molecule has 32 heteroatoms. The van der Waals surface area contributed by atoms with Crippen molar-refractivity contribution in [2.45, 2.75) is 170 Å². The van der Waals surface area contributed by atoms with Crippen molar-refractivity contribution in [2.75, 3.05) is 13.7 Å². The van der Waals surface area contributed by atoms with Gasteiger partial charge in [-0.25, -0.2) is 0 Å². The minimum Gasteiger partial charge on any atom is -0.508 e. The molecular weight excluding hydrogens is 1560 g/mol. The van der Waals surface area contributed by atoms with E-state index in [1.807, 2.05) is 50.2 Å². The topological polar surface area (TPSA) is 460 Å². The molecule has 2 saturated heterocycles. The number of hydrogen-bond acceptors (Lipinski definition) is 25.